The lowest BCUT2D eigenvalue weighted by atomic mass is 10.1. The second-order valence-electron chi connectivity index (χ2n) is 5.92. The summed E-state index contributed by atoms with van der Waals surface area (Å²) in [4.78, 5) is 11.8. The summed E-state index contributed by atoms with van der Waals surface area (Å²) in [7, 11) is 0. The van der Waals surface area contributed by atoms with Crippen molar-refractivity contribution in [2.45, 2.75) is 20.1 Å². The maximum atomic E-state index is 11.8. The molecular weight excluding hydrogens is 316 g/mol. The minimum absolute atomic E-state index is 0.334. The van der Waals surface area contributed by atoms with Crippen LogP contribution in [0.3, 0.4) is 0 Å². The van der Waals surface area contributed by atoms with E-state index in [0.717, 1.165) is 27.7 Å². The number of ether oxygens (including phenoxy) is 2. The van der Waals surface area contributed by atoms with Gasteiger partial charge in [0, 0.05) is 17.3 Å². The molecule has 124 valence electrons. The fraction of sp³-hybridized carbons (Fsp3) is 0.200. The van der Waals surface area contributed by atoms with Gasteiger partial charge in [0.1, 0.15) is 6.07 Å². The van der Waals surface area contributed by atoms with E-state index in [4.69, 9.17) is 9.47 Å². The summed E-state index contributed by atoms with van der Waals surface area (Å²) >= 11 is 0. The second kappa shape index (κ2) is 6.08. The number of nitriles is 1. The minimum atomic E-state index is -0.334. The van der Waals surface area contributed by atoms with Gasteiger partial charge in [-0.2, -0.15) is 5.26 Å². The van der Waals surface area contributed by atoms with Crippen molar-refractivity contribution in [2.24, 2.45) is 0 Å². The van der Waals surface area contributed by atoms with Crippen LogP contribution in [0.15, 0.2) is 42.6 Å². The Morgan fingerprint density at radius 1 is 1.24 bits per heavy atom. The Hall–Kier alpha value is -3.10. The first-order valence-corrected chi connectivity index (χ1v) is 8.13. The number of hydrogen-bond donors (Lipinski definition) is 0. The number of aromatic nitrogens is 1. The molecular formula is C20H16N2O3. The Kier molecular flexibility index (Phi) is 3.75. The average molecular weight is 332 g/mol. The lowest BCUT2D eigenvalue weighted by Crippen LogP contribution is -2.04. The topological polar surface area (TPSA) is 64.2 Å². The van der Waals surface area contributed by atoms with E-state index in [1.807, 2.05) is 29.0 Å². The lowest BCUT2D eigenvalue weighted by Gasteiger charge is -2.08. The number of benzene rings is 2. The van der Waals surface area contributed by atoms with Crippen LogP contribution in [0.2, 0.25) is 0 Å². The maximum Gasteiger partial charge on any atom is 0.338 e. The van der Waals surface area contributed by atoms with Crippen LogP contribution in [0, 0.1) is 11.3 Å². The molecule has 0 bridgehead atoms. The monoisotopic (exact) mass is 332 g/mol. The first kappa shape index (κ1) is 15.4. The van der Waals surface area contributed by atoms with Crippen LogP contribution in [-0.2, 0) is 22.7 Å². The van der Waals surface area contributed by atoms with E-state index in [-0.39, 0.29) is 5.97 Å². The Bertz CT molecular complexity index is 1010. The van der Waals surface area contributed by atoms with Crippen molar-refractivity contribution in [1.82, 2.24) is 4.57 Å². The van der Waals surface area contributed by atoms with Gasteiger partial charge in [-0.05, 0) is 54.4 Å². The van der Waals surface area contributed by atoms with Crippen LogP contribution >= 0.6 is 0 Å². The van der Waals surface area contributed by atoms with E-state index in [1.165, 1.54) is 0 Å². The Labute approximate surface area is 145 Å². The number of carbonyl (C=O) groups excluding carboxylic acids is 1. The van der Waals surface area contributed by atoms with E-state index in [2.05, 4.69) is 12.1 Å². The summed E-state index contributed by atoms with van der Waals surface area (Å²) in [6.45, 7) is 3.32. The fourth-order valence-corrected chi connectivity index (χ4v) is 3.17. The van der Waals surface area contributed by atoms with Crippen LogP contribution in [-0.4, -0.2) is 17.1 Å². The van der Waals surface area contributed by atoms with Crippen LogP contribution < -0.4 is 0 Å². The highest BCUT2D eigenvalue weighted by atomic mass is 16.5. The molecule has 1 aromatic heterocycles. The Morgan fingerprint density at radius 3 is 2.64 bits per heavy atom. The number of hydrogen-bond acceptors (Lipinski definition) is 4. The summed E-state index contributed by atoms with van der Waals surface area (Å²) in [6.07, 6.45) is 1.83. The second-order valence-corrected chi connectivity index (χ2v) is 5.92. The minimum Gasteiger partial charge on any atom is -0.462 e. The SMILES string of the molecule is CCOC(=O)c1ccc(-n2cc(C#N)c3cc4c(cc32)COC4)cc1. The third kappa shape index (κ3) is 2.57. The Balaban J connectivity index is 1.81. The molecule has 1 aliphatic heterocycles. The third-order valence-corrected chi connectivity index (χ3v) is 4.42. The van der Waals surface area contributed by atoms with Crippen molar-refractivity contribution in [3.05, 3.63) is 64.8 Å². The third-order valence-electron chi connectivity index (χ3n) is 4.42. The van der Waals surface area contributed by atoms with Crippen molar-refractivity contribution >= 4 is 16.9 Å². The lowest BCUT2D eigenvalue weighted by molar-refractivity contribution is 0.0526. The predicted octanol–water partition coefficient (Wildman–Crippen LogP) is 3.71. The molecule has 2 heterocycles. The summed E-state index contributed by atoms with van der Waals surface area (Å²) in [6, 6.07) is 13.6. The molecule has 0 aliphatic carbocycles. The number of rotatable bonds is 3. The van der Waals surface area contributed by atoms with Gasteiger partial charge in [-0.15, -0.1) is 0 Å². The van der Waals surface area contributed by atoms with Gasteiger partial charge < -0.3 is 14.0 Å². The van der Waals surface area contributed by atoms with Crippen molar-refractivity contribution in [2.75, 3.05) is 6.61 Å². The van der Waals surface area contributed by atoms with Gasteiger partial charge in [0.15, 0.2) is 0 Å². The number of esters is 1. The van der Waals surface area contributed by atoms with Crippen molar-refractivity contribution in [3.63, 3.8) is 0 Å². The van der Waals surface area contributed by atoms with Crippen LogP contribution in [0.25, 0.3) is 16.6 Å². The molecule has 5 nitrogen and oxygen atoms in total. The number of carbonyl (C=O) groups is 1. The summed E-state index contributed by atoms with van der Waals surface area (Å²) in [5.74, 6) is -0.334. The maximum absolute atomic E-state index is 11.8. The normalized spacial score (nSPS) is 12.8. The van der Waals surface area contributed by atoms with Gasteiger partial charge in [-0.25, -0.2) is 4.79 Å². The van der Waals surface area contributed by atoms with E-state index in [0.29, 0.717) is 30.9 Å². The first-order valence-electron chi connectivity index (χ1n) is 8.13. The molecule has 0 saturated carbocycles. The van der Waals surface area contributed by atoms with Crippen molar-refractivity contribution in [1.29, 1.82) is 5.26 Å². The molecule has 0 N–H and O–H groups in total. The van der Waals surface area contributed by atoms with E-state index >= 15 is 0 Å². The van der Waals surface area contributed by atoms with Crippen LogP contribution in [0.1, 0.15) is 34.0 Å². The molecule has 0 saturated heterocycles. The molecule has 4 rings (SSSR count). The van der Waals surface area contributed by atoms with E-state index in [1.54, 1.807) is 19.1 Å². The molecule has 0 radical (unpaired) electrons. The van der Waals surface area contributed by atoms with Crippen LogP contribution in [0.4, 0.5) is 0 Å². The predicted molar refractivity (Wildman–Crippen MR) is 92.4 cm³/mol. The number of nitrogens with zero attached hydrogens (tertiary/aromatic N) is 2. The highest BCUT2D eigenvalue weighted by molar-refractivity contribution is 5.91. The first-order chi connectivity index (χ1) is 12.2. The Morgan fingerprint density at radius 2 is 1.96 bits per heavy atom. The van der Waals surface area contributed by atoms with Crippen molar-refractivity contribution in [3.8, 4) is 11.8 Å². The van der Waals surface area contributed by atoms with Gasteiger partial charge >= 0.3 is 5.97 Å². The van der Waals surface area contributed by atoms with Crippen LogP contribution in [0.5, 0.6) is 0 Å². The molecule has 0 unspecified atom stereocenters. The molecule has 3 aromatic rings. The largest absolute Gasteiger partial charge is 0.462 e. The quantitative estimate of drug-likeness (QED) is 0.686. The van der Waals surface area contributed by atoms with Gasteiger partial charge in [-0.3, -0.25) is 0 Å². The van der Waals surface area contributed by atoms with Gasteiger partial charge in [-0.1, -0.05) is 0 Å². The zero-order chi connectivity index (χ0) is 17.4. The summed E-state index contributed by atoms with van der Waals surface area (Å²) < 4.78 is 12.5. The molecule has 0 spiro atoms. The van der Waals surface area contributed by atoms with E-state index in [9.17, 15) is 10.1 Å². The van der Waals surface area contributed by atoms with Gasteiger partial charge in [0.05, 0.1) is 36.5 Å². The summed E-state index contributed by atoms with van der Waals surface area (Å²) in [5.41, 5.74) is 5.28. The fourth-order valence-electron chi connectivity index (χ4n) is 3.17. The molecule has 1 aliphatic rings. The molecule has 0 fully saturated rings. The molecule has 2 aromatic carbocycles. The van der Waals surface area contributed by atoms with Crippen molar-refractivity contribution < 1.29 is 14.3 Å². The van der Waals surface area contributed by atoms with Gasteiger partial charge in [0.25, 0.3) is 0 Å². The highest BCUT2D eigenvalue weighted by Gasteiger charge is 2.17. The summed E-state index contributed by atoms with van der Waals surface area (Å²) in [5, 5.41) is 10.4. The zero-order valence-electron chi connectivity index (χ0n) is 13.8. The zero-order valence-corrected chi connectivity index (χ0v) is 13.8. The molecule has 5 heteroatoms. The average Bonchev–Trinajstić information content (AvgIpc) is 3.23. The molecule has 25 heavy (non-hydrogen) atoms. The standard InChI is InChI=1S/C20H16N2O3/c1-2-25-20(23)13-3-5-17(6-4-13)22-10-16(9-21)18-7-14-11-24-12-15(14)8-19(18)22/h3-8,10H,2,11-12H2,1H3. The number of fused-ring (bicyclic) bond motifs is 2. The smallest absolute Gasteiger partial charge is 0.338 e. The molecule has 0 amide bonds. The molecule has 0 atom stereocenters. The highest BCUT2D eigenvalue weighted by Crippen LogP contribution is 2.31. The van der Waals surface area contributed by atoms with E-state index < -0.39 is 0 Å². The van der Waals surface area contributed by atoms with Gasteiger partial charge in [0.2, 0.25) is 0 Å².